The first-order valence-electron chi connectivity index (χ1n) is 9.19. The largest absolute Gasteiger partial charge is 0.452 e. The number of ketones is 1. The van der Waals surface area contributed by atoms with Gasteiger partial charge < -0.3 is 9.47 Å². The number of halogens is 2. The van der Waals surface area contributed by atoms with Crippen molar-refractivity contribution in [2.45, 2.75) is 13.3 Å². The van der Waals surface area contributed by atoms with Crippen LogP contribution in [0.3, 0.4) is 0 Å². The van der Waals surface area contributed by atoms with E-state index in [1.807, 2.05) is 6.07 Å². The number of fused-ring (bicyclic) bond motifs is 1. The summed E-state index contributed by atoms with van der Waals surface area (Å²) in [5.41, 5.74) is 2.56. The lowest BCUT2D eigenvalue weighted by Crippen LogP contribution is -2.12. The van der Waals surface area contributed by atoms with Crippen LogP contribution in [-0.4, -0.2) is 11.8 Å². The monoisotopic (exact) mass is 438 g/mol. The standard InChI is InChI=1S/C24H16Cl2O4/c1-14-20(29-22(27)13-15-5-7-17(25)8-6-15)10-9-19-23(28)21(30-24(14)19)12-16-3-2-4-18(26)11-16/h2-12H,13H2,1H3/b21-12-. The molecule has 0 aromatic heterocycles. The maximum Gasteiger partial charge on any atom is 0.315 e. The van der Waals surface area contributed by atoms with Crippen molar-refractivity contribution < 1.29 is 19.1 Å². The molecule has 0 bridgehead atoms. The maximum atomic E-state index is 12.7. The highest BCUT2D eigenvalue weighted by Crippen LogP contribution is 2.39. The molecule has 3 aromatic rings. The van der Waals surface area contributed by atoms with Crippen LogP contribution in [0.4, 0.5) is 0 Å². The minimum Gasteiger partial charge on any atom is -0.452 e. The van der Waals surface area contributed by atoms with Crippen molar-refractivity contribution in [1.82, 2.24) is 0 Å². The summed E-state index contributed by atoms with van der Waals surface area (Å²) in [5, 5.41) is 1.17. The van der Waals surface area contributed by atoms with Gasteiger partial charge in [-0.3, -0.25) is 9.59 Å². The number of rotatable bonds is 4. The van der Waals surface area contributed by atoms with Gasteiger partial charge in [0.05, 0.1) is 12.0 Å². The molecule has 150 valence electrons. The summed E-state index contributed by atoms with van der Waals surface area (Å²) < 4.78 is 11.3. The highest BCUT2D eigenvalue weighted by atomic mass is 35.5. The Morgan fingerprint density at radius 2 is 1.80 bits per heavy atom. The van der Waals surface area contributed by atoms with E-state index in [0.29, 0.717) is 32.7 Å². The van der Waals surface area contributed by atoms with Gasteiger partial charge in [-0.1, -0.05) is 47.5 Å². The van der Waals surface area contributed by atoms with E-state index in [2.05, 4.69) is 0 Å². The molecule has 0 saturated carbocycles. The summed E-state index contributed by atoms with van der Waals surface area (Å²) in [6, 6.07) is 17.3. The third-order valence-corrected chi connectivity index (χ3v) is 5.16. The number of carbonyl (C=O) groups excluding carboxylic acids is 2. The predicted molar refractivity (Wildman–Crippen MR) is 116 cm³/mol. The van der Waals surface area contributed by atoms with E-state index >= 15 is 0 Å². The predicted octanol–water partition coefficient (Wildman–Crippen LogP) is 6.07. The number of carbonyl (C=O) groups is 2. The van der Waals surface area contributed by atoms with Crippen LogP contribution in [0.25, 0.3) is 6.08 Å². The lowest BCUT2D eigenvalue weighted by molar-refractivity contribution is -0.133. The van der Waals surface area contributed by atoms with Crippen LogP contribution >= 0.6 is 23.2 Å². The van der Waals surface area contributed by atoms with E-state index in [-0.39, 0.29) is 18.0 Å². The third kappa shape index (κ3) is 4.25. The van der Waals surface area contributed by atoms with Gasteiger partial charge in [0, 0.05) is 15.6 Å². The van der Waals surface area contributed by atoms with Crippen LogP contribution in [0.2, 0.25) is 10.0 Å². The van der Waals surface area contributed by atoms with Gasteiger partial charge in [0.15, 0.2) is 5.76 Å². The van der Waals surface area contributed by atoms with Crippen LogP contribution in [0.15, 0.2) is 66.4 Å². The molecule has 4 nitrogen and oxygen atoms in total. The maximum absolute atomic E-state index is 12.7. The Morgan fingerprint density at radius 1 is 1.03 bits per heavy atom. The number of Topliss-reactive ketones (excluding diaryl/α,β-unsaturated/α-hetero) is 1. The van der Waals surface area contributed by atoms with Crippen LogP contribution in [0.5, 0.6) is 11.5 Å². The Bertz CT molecular complexity index is 1180. The molecule has 0 unspecified atom stereocenters. The molecule has 1 heterocycles. The van der Waals surface area contributed by atoms with Crippen molar-refractivity contribution in [3.63, 3.8) is 0 Å². The van der Waals surface area contributed by atoms with Crippen molar-refractivity contribution in [2.75, 3.05) is 0 Å². The zero-order valence-corrected chi connectivity index (χ0v) is 17.5. The van der Waals surface area contributed by atoms with E-state index in [0.717, 1.165) is 11.1 Å². The van der Waals surface area contributed by atoms with E-state index < -0.39 is 5.97 Å². The van der Waals surface area contributed by atoms with Crippen LogP contribution in [-0.2, 0) is 11.2 Å². The van der Waals surface area contributed by atoms with Gasteiger partial charge >= 0.3 is 5.97 Å². The third-order valence-electron chi connectivity index (χ3n) is 4.67. The lowest BCUT2D eigenvalue weighted by atomic mass is 10.1. The molecule has 0 N–H and O–H groups in total. The smallest absolute Gasteiger partial charge is 0.315 e. The second-order valence-corrected chi connectivity index (χ2v) is 7.71. The molecule has 0 radical (unpaired) electrons. The van der Waals surface area contributed by atoms with Gasteiger partial charge in [0.1, 0.15) is 11.5 Å². The van der Waals surface area contributed by atoms with E-state index in [1.165, 1.54) is 0 Å². The molecule has 0 aliphatic carbocycles. The molecule has 4 rings (SSSR count). The average Bonchev–Trinajstić information content (AvgIpc) is 3.02. The first-order chi connectivity index (χ1) is 14.4. The van der Waals surface area contributed by atoms with Crippen LogP contribution < -0.4 is 9.47 Å². The quantitative estimate of drug-likeness (QED) is 0.282. The van der Waals surface area contributed by atoms with Crippen LogP contribution in [0, 0.1) is 6.92 Å². The second kappa shape index (κ2) is 8.34. The van der Waals surface area contributed by atoms with Gasteiger partial charge in [-0.05, 0) is 60.5 Å². The Morgan fingerprint density at radius 3 is 2.53 bits per heavy atom. The molecule has 0 fully saturated rings. The Labute approximate surface area is 183 Å². The summed E-state index contributed by atoms with van der Waals surface area (Å²) in [5.74, 6) is 0.293. The average molecular weight is 439 g/mol. The van der Waals surface area contributed by atoms with E-state index in [4.69, 9.17) is 32.7 Å². The Hall–Kier alpha value is -3.08. The number of benzene rings is 3. The van der Waals surface area contributed by atoms with Gasteiger partial charge in [0.2, 0.25) is 5.78 Å². The van der Waals surface area contributed by atoms with Gasteiger partial charge in [-0.25, -0.2) is 0 Å². The Balaban J connectivity index is 1.54. The number of esters is 1. The SMILES string of the molecule is Cc1c(OC(=O)Cc2ccc(Cl)cc2)ccc2c1O/C(=C\c1cccc(Cl)c1)C2=O. The van der Waals surface area contributed by atoms with Gasteiger partial charge in [-0.15, -0.1) is 0 Å². The first-order valence-corrected chi connectivity index (χ1v) is 9.95. The first kappa shape index (κ1) is 20.2. The molecule has 6 heteroatoms. The van der Waals surface area contributed by atoms with Crippen molar-refractivity contribution >= 4 is 41.0 Å². The van der Waals surface area contributed by atoms with E-state index in [9.17, 15) is 9.59 Å². The molecule has 1 aliphatic heterocycles. The van der Waals surface area contributed by atoms with Gasteiger partial charge in [-0.2, -0.15) is 0 Å². The minimum absolute atomic E-state index is 0.105. The number of ether oxygens (including phenoxy) is 2. The van der Waals surface area contributed by atoms with Crippen molar-refractivity contribution in [1.29, 1.82) is 0 Å². The molecular formula is C24H16Cl2O4. The van der Waals surface area contributed by atoms with E-state index in [1.54, 1.807) is 67.6 Å². The van der Waals surface area contributed by atoms with Crippen LogP contribution in [0.1, 0.15) is 27.0 Å². The zero-order valence-electron chi connectivity index (χ0n) is 15.9. The summed E-state index contributed by atoms with van der Waals surface area (Å²) in [7, 11) is 0. The lowest BCUT2D eigenvalue weighted by Gasteiger charge is -2.10. The zero-order chi connectivity index (χ0) is 21.3. The topological polar surface area (TPSA) is 52.6 Å². The summed E-state index contributed by atoms with van der Waals surface area (Å²) in [6.45, 7) is 1.75. The number of hydrogen-bond donors (Lipinski definition) is 0. The molecule has 0 amide bonds. The molecule has 0 spiro atoms. The molecule has 0 saturated heterocycles. The highest BCUT2D eigenvalue weighted by molar-refractivity contribution is 6.31. The molecule has 0 atom stereocenters. The highest BCUT2D eigenvalue weighted by Gasteiger charge is 2.30. The molecular weight excluding hydrogens is 423 g/mol. The fourth-order valence-corrected chi connectivity index (χ4v) is 3.48. The molecule has 3 aromatic carbocycles. The molecule has 1 aliphatic rings. The Kier molecular flexibility index (Phi) is 5.62. The normalized spacial score (nSPS) is 13.8. The van der Waals surface area contributed by atoms with Crippen molar-refractivity contribution in [3.05, 3.63) is 98.7 Å². The van der Waals surface area contributed by atoms with Crippen molar-refractivity contribution in [3.8, 4) is 11.5 Å². The molecule has 30 heavy (non-hydrogen) atoms. The fourth-order valence-electron chi connectivity index (χ4n) is 3.15. The fraction of sp³-hybridized carbons (Fsp3) is 0.0833. The van der Waals surface area contributed by atoms with Gasteiger partial charge in [0.25, 0.3) is 0 Å². The second-order valence-electron chi connectivity index (χ2n) is 6.84. The minimum atomic E-state index is -0.417. The summed E-state index contributed by atoms with van der Waals surface area (Å²) >= 11 is 11.9. The number of allylic oxidation sites excluding steroid dienone is 1. The summed E-state index contributed by atoms with van der Waals surface area (Å²) in [6.07, 6.45) is 1.74. The van der Waals surface area contributed by atoms with Crippen molar-refractivity contribution in [2.24, 2.45) is 0 Å². The number of hydrogen-bond acceptors (Lipinski definition) is 4. The summed E-state index contributed by atoms with van der Waals surface area (Å²) in [4.78, 5) is 25.0.